The van der Waals surface area contributed by atoms with E-state index in [-0.39, 0.29) is 5.54 Å². The van der Waals surface area contributed by atoms with Crippen LogP contribution in [0.2, 0.25) is 0 Å². The first kappa shape index (κ1) is 18.7. The van der Waals surface area contributed by atoms with Crippen molar-refractivity contribution in [2.45, 2.75) is 38.8 Å². The van der Waals surface area contributed by atoms with Gasteiger partial charge in [-0.25, -0.2) is 9.67 Å². The number of aromatic nitrogens is 7. The van der Waals surface area contributed by atoms with Crippen LogP contribution >= 0.6 is 0 Å². The first-order valence-electron chi connectivity index (χ1n) is 10.2. The predicted octanol–water partition coefficient (Wildman–Crippen LogP) is 2.57. The van der Waals surface area contributed by atoms with Crippen LogP contribution in [0.25, 0.3) is 27.8 Å². The van der Waals surface area contributed by atoms with Gasteiger partial charge in [0.05, 0.1) is 23.6 Å². The number of anilines is 1. The number of hydrogen-bond acceptors (Lipinski definition) is 7. The second-order valence-corrected chi connectivity index (χ2v) is 8.71. The Kier molecular flexibility index (Phi) is 4.47. The number of H-pyrrole nitrogens is 1. The molecule has 4 aromatic rings. The summed E-state index contributed by atoms with van der Waals surface area (Å²) in [6, 6.07) is 6.35. The molecule has 2 N–H and O–H groups in total. The number of hydrogen-bond donors (Lipinski definition) is 2. The fourth-order valence-electron chi connectivity index (χ4n) is 4.06. The molecule has 0 saturated carbocycles. The van der Waals surface area contributed by atoms with Crippen LogP contribution < -0.4 is 10.2 Å². The van der Waals surface area contributed by atoms with Gasteiger partial charge in [-0.3, -0.25) is 5.10 Å². The number of aromatic amines is 1. The van der Waals surface area contributed by atoms with Crippen LogP contribution in [0, 0.1) is 0 Å². The number of nitrogens with zero attached hydrogens (tertiary/aromatic N) is 7. The van der Waals surface area contributed by atoms with Gasteiger partial charge in [-0.15, -0.1) is 10.2 Å². The van der Waals surface area contributed by atoms with Gasteiger partial charge in [0.2, 0.25) is 5.95 Å². The average molecular weight is 403 g/mol. The zero-order valence-electron chi connectivity index (χ0n) is 17.4. The lowest BCUT2D eigenvalue weighted by Gasteiger charge is -2.25. The summed E-state index contributed by atoms with van der Waals surface area (Å²) in [6.45, 7) is 8.40. The second-order valence-electron chi connectivity index (χ2n) is 8.71. The molecule has 30 heavy (non-hydrogen) atoms. The van der Waals surface area contributed by atoms with Crippen LogP contribution in [-0.2, 0) is 0 Å². The Morgan fingerprint density at radius 2 is 2.07 bits per heavy atom. The molecule has 0 spiro atoms. The van der Waals surface area contributed by atoms with E-state index >= 15 is 0 Å². The topological polar surface area (TPSA) is 100 Å². The maximum Gasteiger partial charge on any atom is 0.245 e. The van der Waals surface area contributed by atoms with E-state index in [4.69, 9.17) is 0 Å². The molecule has 4 heterocycles. The molecule has 3 aromatic heterocycles. The minimum atomic E-state index is 0.0991. The highest BCUT2D eigenvalue weighted by atomic mass is 15.3. The molecule has 1 fully saturated rings. The van der Waals surface area contributed by atoms with Crippen LogP contribution in [0.1, 0.15) is 27.2 Å². The highest BCUT2D eigenvalue weighted by molar-refractivity contribution is 5.97. The summed E-state index contributed by atoms with van der Waals surface area (Å²) in [5.41, 5.74) is 3.60. The van der Waals surface area contributed by atoms with Crippen LogP contribution in [0.3, 0.4) is 0 Å². The van der Waals surface area contributed by atoms with Crippen molar-refractivity contribution in [2.24, 2.45) is 0 Å². The van der Waals surface area contributed by atoms with Gasteiger partial charge in [0.25, 0.3) is 0 Å². The zero-order valence-corrected chi connectivity index (χ0v) is 17.4. The van der Waals surface area contributed by atoms with Gasteiger partial charge < -0.3 is 10.2 Å². The minimum absolute atomic E-state index is 0.0991. The van der Waals surface area contributed by atoms with Crippen LogP contribution in [0.4, 0.5) is 5.95 Å². The number of benzene rings is 1. The third kappa shape index (κ3) is 3.52. The Morgan fingerprint density at radius 1 is 1.17 bits per heavy atom. The van der Waals surface area contributed by atoms with Gasteiger partial charge in [-0.05, 0) is 45.4 Å². The minimum Gasteiger partial charge on any atom is -0.338 e. The van der Waals surface area contributed by atoms with Crippen molar-refractivity contribution in [3.05, 3.63) is 43.0 Å². The van der Waals surface area contributed by atoms with Crippen molar-refractivity contribution >= 4 is 16.9 Å². The third-order valence-corrected chi connectivity index (χ3v) is 5.28. The molecule has 154 valence electrons. The molecule has 0 radical (unpaired) electrons. The van der Waals surface area contributed by atoms with Gasteiger partial charge >= 0.3 is 0 Å². The number of nitrogens with one attached hydrogen (secondary N) is 2. The average Bonchev–Trinajstić information content (AvgIpc) is 3.47. The largest absolute Gasteiger partial charge is 0.338 e. The van der Waals surface area contributed by atoms with Crippen LogP contribution in [0.15, 0.2) is 43.0 Å². The highest BCUT2D eigenvalue weighted by Crippen LogP contribution is 2.30. The van der Waals surface area contributed by atoms with Crippen molar-refractivity contribution in [3.63, 3.8) is 0 Å². The van der Waals surface area contributed by atoms with Gasteiger partial charge in [-0.1, -0.05) is 0 Å². The molecule has 0 amide bonds. The van der Waals surface area contributed by atoms with E-state index in [0.717, 1.165) is 47.4 Å². The molecule has 1 aliphatic heterocycles. The number of fused-ring (bicyclic) bond motifs is 1. The van der Waals surface area contributed by atoms with Crippen molar-refractivity contribution in [1.82, 2.24) is 40.5 Å². The maximum atomic E-state index is 4.61. The highest BCUT2D eigenvalue weighted by Gasteiger charge is 2.27. The maximum absolute atomic E-state index is 4.61. The summed E-state index contributed by atoms with van der Waals surface area (Å²) in [5, 5.41) is 25.1. The first-order valence-corrected chi connectivity index (χ1v) is 10.2. The Bertz CT molecular complexity index is 1140. The third-order valence-electron chi connectivity index (χ3n) is 5.28. The standard InChI is InChI=1S/C21H25N9/c1-21(2,3)25-14-7-10-29(13-14)20-22-12-17(26-28-20)15-5-6-18(30-9-4-8-24-30)19-16(15)11-23-27-19/h4-6,8-9,11-12,14,25H,7,10,13H2,1-3H3,(H,23,27)/t14-/m0/s1. The number of rotatable bonds is 4. The van der Waals surface area contributed by atoms with E-state index in [2.05, 4.69) is 61.5 Å². The van der Waals surface area contributed by atoms with E-state index in [9.17, 15) is 0 Å². The molecular weight excluding hydrogens is 378 g/mol. The Labute approximate surface area is 174 Å². The molecule has 1 aromatic carbocycles. The fraction of sp³-hybridized carbons (Fsp3) is 0.381. The normalized spacial score (nSPS) is 17.2. The molecule has 1 atom stereocenters. The summed E-state index contributed by atoms with van der Waals surface area (Å²) < 4.78 is 1.81. The molecule has 1 aliphatic rings. The van der Waals surface area contributed by atoms with Crippen molar-refractivity contribution in [2.75, 3.05) is 18.0 Å². The van der Waals surface area contributed by atoms with Gasteiger partial charge in [-0.2, -0.15) is 10.2 Å². The fourth-order valence-corrected chi connectivity index (χ4v) is 4.06. The van der Waals surface area contributed by atoms with Gasteiger partial charge in [0, 0.05) is 48.0 Å². The van der Waals surface area contributed by atoms with Crippen LogP contribution in [-0.4, -0.2) is 59.8 Å². The molecule has 0 aliphatic carbocycles. The van der Waals surface area contributed by atoms with E-state index in [0.29, 0.717) is 12.0 Å². The molecule has 0 bridgehead atoms. The van der Waals surface area contributed by atoms with Gasteiger partial charge in [0.15, 0.2) is 0 Å². The predicted molar refractivity (Wildman–Crippen MR) is 116 cm³/mol. The van der Waals surface area contributed by atoms with Crippen molar-refractivity contribution in [1.29, 1.82) is 0 Å². The Morgan fingerprint density at radius 3 is 2.80 bits per heavy atom. The summed E-state index contributed by atoms with van der Waals surface area (Å²) in [5.74, 6) is 0.675. The monoisotopic (exact) mass is 403 g/mol. The van der Waals surface area contributed by atoms with Gasteiger partial charge in [0.1, 0.15) is 5.69 Å². The Hall–Kier alpha value is -3.33. The molecule has 1 saturated heterocycles. The molecule has 0 unspecified atom stereocenters. The zero-order chi connectivity index (χ0) is 20.7. The second kappa shape index (κ2) is 7.17. The van der Waals surface area contributed by atoms with E-state index < -0.39 is 0 Å². The summed E-state index contributed by atoms with van der Waals surface area (Å²) in [4.78, 5) is 6.80. The summed E-state index contributed by atoms with van der Waals surface area (Å²) in [7, 11) is 0. The van der Waals surface area contributed by atoms with E-state index in [1.54, 1.807) is 18.6 Å². The quantitative estimate of drug-likeness (QED) is 0.540. The molecule has 9 heteroatoms. The lowest BCUT2D eigenvalue weighted by molar-refractivity contribution is 0.373. The molecule has 9 nitrogen and oxygen atoms in total. The molecular formula is C21H25N9. The lowest BCUT2D eigenvalue weighted by Crippen LogP contribution is -2.45. The SMILES string of the molecule is CC(C)(C)N[C@H]1CCN(c2ncc(-c3ccc(-n4cccn4)c4[nH]ncc34)nn2)C1. The summed E-state index contributed by atoms with van der Waals surface area (Å²) >= 11 is 0. The van der Waals surface area contributed by atoms with E-state index in [1.807, 2.05) is 29.1 Å². The summed E-state index contributed by atoms with van der Waals surface area (Å²) in [6.07, 6.45) is 8.33. The van der Waals surface area contributed by atoms with Crippen molar-refractivity contribution < 1.29 is 0 Å². The smallest absolute Gasteiger partial charge is 0.245 e. The van der Waals surface area contributed by atoms with E-state index in [1.165, 1.54) is 0 Å². The van der Waals surface area contributed by atoms with Crippen molar-refractivity contribution in [3.8, 4) is 16.9 Å². The first-order chi connectivity index (χ1) is 14.5. The lowest BCUT2D eigenvalue weighted by atomic mass is 10.1. The molecule has 5 rings (SSSR count). The van der Waals surface area contributed by atoms with Crippen LogP contribution in [0.5, 0.6) is 0 Å². The Balaban J connectivity index is 1.40.